The number of carbonyl (C=O) groups is 1. The van der Waals surface area contributed by atoms with Crippen LogP contribution in [-0.2, 0) is 11.2 Å². The summed E-state index contributed by atoms with van der Waals surface area (Å²) in [7, 11) is 0. The summed E-state index contributed by atoms with van der Waals surface area (Å²) in [6.45, 7) is 3.73. The molecule has 0 aromatic heterocycles. The Kier molecular flexibility index (Phi) is 4.33. The first-order chi connectivity index (χ1) is 8.34. The summed E-state index contributed by atoms with van der Waals surface area (Å²) >= 11 is 0. The third-order valence-electron chi connectivity index (χ3n) is 2.53. The molecule has 1 aromatic carbocycles. The van der Waals surface area contributed by atoms with E-state index in [1.165, 1.54) is 12.1 Å². The molecule has 0 saturated heterocycles. The molecule has 18 heavy (non-hydrogen) atoms. The van der Waals surface area contributed by atoms with Crippen LogP contribution in [0.4, 0.5) is 0 Å². The lowest BCUT2D eigenvalue weighted by atomic mass is 10.0. The molecule has 0 amide bonds. The second kappa shape index (κ2) is 5.55. The summed E-state index contributed by atoms with van der Waals surface area (Å²) in [5, 5.41) is 37.6. The molecule has 1 aromatic rings. The summed E-state index contributed by atoms with van der Waals surface area (Å²) in [6, 6.07) is 2.45. The van der Waals surface area contributed by atoms with Crippen molar-refractivity contribution in [3.63, 3.8) is 0 Å². The maximum atomic E-state index is 10.7. The molecule has 0 saturated carbocycles. The van der Waals surface area contributed by atoms with E-state index in [9.17, 15) is 20.1 Å². The molecule has 1 unspecified atom stereocenters. The molecule has 0 fully saturated rings. The Hall–Kier alpha value is -2.01. The zero-order valence-electron chi connectivity index (χ0n) is 10.2. The number of phenolic OH excluding ortho intramolecular Hbond substituents is 2. The average Bonchev–Trinajstić information content (AvgIpc) is 2.27. The highest BCUT2D eigenvalue weighted by Crippen LogP contribution is 2.34. The van der Waals surface area contributed by atoms with E-state index in [2.05, 4.69) is 0 Å². The van der Waals surface area contributed by atoms with Crippen molar-refractivity contribution < 1.29 is 25.2 Å². The third-order valence-corrected chi connectivity index (χ3v) is 2.53. The van der Waals surface area contributed by atoms with Crippen molar-refractivity contribution >= 4 is 5.97 Å². The fraction of sp³-hybridized carbons (Fsp3) is 0.308. The molecule has 0 radical (unpaired) electrons. The molecule has 0 heterocycles. The van der Waals surface area contributed by atoms with E-state index in [1.54, 1.807) is 6.08 Å². The summed E-state index contributed by atoms with van der Waals surface area (Å²) < 4.78 is 0. The lowest BCUT2D eigenvalue weighted by Crippen LogP contribution is -2.11. The van der Waals surface area contributed by atoms with Gasteiger partial charge in [0.25, 0.3) is 0 Å². The Morgan fingerprint density at radius 2 is 1.94 bits per heavy atom. The number of carboxylic acid groups (broad SMARTS) is 1. The minimum atomic E-state index is -1.81. The monoisotopic (exact) mass is 252 g/mol. The van der Waals surface area contributed by atoms with Crippen LogP contribution in [0.25, 0.3) is 0 Å². The first-order valence-corrected chi connectivity index (χ1v) is 5.42. The van der Waals surface area contributed by atoms with E-state index < -0.39 is 12.1 Å². The van der Waals surface area contributed by atoms with Crippen molar-refractivity contribution in [3.8, 4) is 11.5 Å². The van der Waals surface area contributed by atoms with Gasteiger partial charge in [0, 0.05) is 11.1 Å². The van der Waals surface area contributed by atoms with Crippen LogP contribution >= 0.6 is 0 Å². The molecule has 5 nitrogen and oxygen atoms in total. The van der Waals surface area contributed by atoms with E-state index in [-0.39, 0.29) is 29.0 Å². The van der Waals surface area contributed by atoms with Gasteiger partial charge >= 0.3 is 5.97 Å². The maximum Gasteiger partial charge on any atom is 0.337 e. The number of benzene rings is 1. The molecule has 1 rings (SSSR count). The zero-order chi connectivity index (χ0) is 13.9. The second-order valence-corrected chi connectivity index (χ2v) is 4.23. The molecule has 0 spiro atoms. The van der Waals surface area contributed by atoms with Gasteiger partial charge in [-0.25, -0.2) is 4.79 Å². The number of aliphatic hydroxyl groups is 1. The van der Waals surface area contributed by atoms with Crippen LogP contribution in [0, 0.1) is 0 Å². The third kappa shape index (κ3) is 3.01. The van der Waals surface area contributed by atoms with Gasteiger partial charge < -0.3 is 20.4 Å². The van der Waals surface area contributed by atoms with Crippen LogP contribution in [0.2, 0.25) is 0 Å². The quantitative estimate of drug-likeness (QED) is 0.612. The summed E-state index contributed by atoms with van der Waals surface area (Å²) in [4.78, 5) is 10.7. The van der Waals surface area contributed by atoms with Crippen molar-refractivity contribution in [1.29, 1.82) is 0 Å². The molecular weight excluding hydrogens is 236 g/mol. The topological polar surface area (TPSA) is 98.0 Å². The highest BCUT2D eigenvalue weighted by atomic mass is 16.4. The Bertz CT molecular complexity index is 486. The van der Waals surface area contributed by atoms with E-state index >= 15 is 0 Å². The standard InChI is InChI=1S/C13H16O5/c1-7(2)3-4-8-10(14)6-5-9(11(8)15)12(16)13(17)18/h3,5-6,12,14-16H,4H2,1-2H3,(H,17,18). The molecule has 1 atom stereocenters. The number of hydrogen-bond acceptors (Lipinski definition) is 4. The van der Waals surface area contributed by atoms with Crippen LogP contribution in [-0.4, -0.2) is 26.4 Å². The minimum Gasteiger partial charge on any atom is -0.508 e. The zero-order valence-corrected chi connectivity index (χ0v) is 10.2. The van der Waals surface area contributed by atoms with Gasteiger partial charge in [0.05, 0.1) is 0 Å². The van der Waals surface area contributed by atoms with Crippen LogP contribution < -0.4 is 0 Å². The predicted molar refractivity (Wildman–Crippen MR) is 65.5 cm³/mol. The van der Waals surface area contributed by atoms with Gasteiger partial charge in [0.15, 0.2) is 6.10 Å². The first-order valence-electron chi connectivity index (χ1n) is 5.42. The van der Waals surface area contributed by atoms with Gasteiger partial charge in [0.2, 0.25) is 0 Å². The molecule has 0 aliphatic heterocycles. The molecule has 5 heteroatoms. The van der Waals surface area contributed by atoms with E-state index in [4.69, 9.17) is 5.11 Å². The van der Waals surface area contributed by atoms with Gasteiger partial charge in [-0.2, -0.15) is 0 Å². The fourth-order valence-electron chi connectivity index (χ4n) is 1.50. The lowest BCUT2D eigenvalue weighted by Gasteiger charge is -2.12. The largest absolute Gasteiger partial charge is 0.508 e. The second-order valence-electron chi connectivity index (χ2n) is 4.23. The molecular formula is C13H16O5. The summed E-state index contributed by atoms with van der Waals surface area (Å²) in [5.74, 6) is -1.97. The molecule has 98 valence electrons. The lowest BCUT2D eigenvalue weighted by molar-refractivity contribution is -0.147. The minimum absolute atomic E-state index is 0.127. The van der Waals surface area contributed by atoms with Crippen molar-refractivity contribution in [3.05, 3.63) is 34.9 Å². The van der Waals surface area contributed by atoms with Crippen LogP contribution in [0.1, 0.15) is 31.1 Å². The number of phenols is 2. The van der Waals surface area contributed by atoms with Gasteiger partial charge in [-0.15, -0.1) is 0 Å². The van der Waals surface area contributed by atoms with Gasteiger partial charge in [-0.1, -0.05) is 11.6 Å². The smallest absolute Gasteiger partial charge is 0.337 e. The van der Waals surface area contributed by atoms with Crippen molar-refractivity contribution in [1.82, 2.24) is 0 Å². The van der Waals surface area contributed by atoms with Gasteiger partial charge in [-0.3, -0.25) is 0 Å². The first kappa shape index (κ1) is 14.1. The van der Waals surface area contributed by atoms with Gasteiger partial charge in [0.1, 0.15) is 11.5 Å². The number of aromatic hydroxyl groups is 2. The van der Waals surface area contributed by atoms with Crippen molar-refractivity contribution in [2.24, 2.45) is 0 Å². The van der Waals surface area contributed by atoms with Crippen LogP contribution in [0.15, 0.2) is 23.8 Å². The Morgan fingerprint density at radius 1 is 1.33 bits per heavy atom. The SMILES string of the molecule is CC(C)=CCc1c(O)ccc(C(O)C(=O)O)c1O. The van der Waals surface area contributed by atoms with Crippen LogP contribution in [0.5, 0.6) is 11.5 Å². The number of aliphatic hydroxyl groups excluding tert-OH is 1. The van der Waals surface area contributed by atoms with E-state index in [0.29, 0.717) is 0 Å². The number of hydrogen-bond donors (Lipinski definition) is 4. The Labute approximate surface area is 105 Å². The van der Waals surface area contributed by atoms with Crippen molar-refractivity contribution in [2.45, 2.75) is 26.4 Å². The molecule has 4 N–H and O–H groups in total. The number of aliphatic carboxylic acids is 1. The van der Waals surface area contributed by atoms with Crippen molar-refractivity contribution in [2.75, 3.05) is 0 Å². The van der Waals surface area contributed by atoms with Crippen LogP contribution in [0.3, 0.4) is 0 Å². The highest BCUT2D eigenvalue weighted by Gasteiger charge is 2.22. The Balaban J connectivity index is 3.22. The number of allylic oxidation sites excluding steroid dienone is 2. The molecule has 0 bridgehead atoms. The van der Waals surface area contributed by atoms with E-state index in [1.807, 2.05) is 13.8 Å². The molecule has 0 aliphatic rings. The van der Waals surface area contributed by atoms with E-state index in [0.717, 1.165) is 5.57 Å². The summed E-state index contributed by atoms with van der Waals surface area (Å²) in [5.41, 5.74) is 1.07. The fourth-order valence-corrected chi connectivity index (χ4v) is 1.50. The van der Waals surface area contributed by atoms with Gasteiger partial charge in [-0.05, 0) is 32.4 Å². The predicted octanol–water partition coefficient (Wildman–Crippen LogP) is 1.72. The normalized spacial score (nSPS) is 11.9. The average molecular weight is 252 g/mol. The number of rotatable bonds is 4. The maximum absolute atomic E-state index is 10.7. The number of carboxylic acids is 1. The molecule has 0 aliphatic carbocycles. The Morgan fingerprint density at radius 3 is 2.44 bits per heavy atom. The highest BCUT2D eigenvalue weighted by molar-refractivity contribution is 5.75. The summed E-state index contributed by atoms with van der Waals surface area (Å²) in [6.07, 6.45) is 0.238.